The Balaban J connectivity index is 0.000000509. The predicted octanol–water partition coefficient (Wildman–Crippen LogP) is 4.43. The van der Waals surface area contributed by atoms with Crippen molar-refractivity contribution >= 4 is 5.97 Å². The van der Waals surface area contributed by atoms with E-state index < -0.39 is 12.0 Å². The zero-order valence-electron chi connectivity index (χ0n) is 19.1. The number of hydrogen-bond acceptors (Lipinski definition) is 3. The van der Waals surface area contributed by atoms with Crippen molar-refractivity contribution in [1.29, 1.82) is 0 Å². The van der Waals surface area contributed by atoms with Gasteiger partial charge in [0.1, 0.15) is 6.04 Å². The Kier molecular flexibility index (Phi) is 11.1. The summed E-state index contributed by atoms with van der Waals surface area (Å²) in [5.74, 6) is 0.158. The Morgan fingerprint density at radius 1 is 0.857 bits per heavy atom. The first-order chi connectivity index (χ1) is 16.7. The number of aliphatic carboxylic acids is 1. The third kappa shape index (κ3) is 8.06. The Labute approximate surface area is 219 Å². The minimum atomic E-state index is -0.862. The van der Waals surface area contributed by atoms with E-state index >= 15 is 0 Å². The van der Waals surface area contributed by atoms with Crippen LogP contribution in [-0.2, 0) is 34.8 Å². The molecule has 0 saturated heterocycles. The maximum absolute atomic E-state index is 11.8. The van der Waals surface area contributed by atoms with Crippen molar-refractivity contribution < 1.29 is 27.0 Å². The van der Waals surface area contributed by atoms with E-state index in [2.05, 4.69) is 5.32 Å². The fourth-order valence-electron chi connectivity index (χ4n) is 3.68. The van der Waals surface area contributed by atoms with Crippen LogP contribution < -0.4 is 5.32 Å². The van der Waals surface area contributed by atoms with E-state index in [4.69, 9.17) is 5.10 Å². The van der Waals surface area contributed by atoms with Gasteiger partial charge in [0, 0.05) is 24.2 Å². The largest absolute Gasteiger partial charge is 2.00 e. The monoisotopic (exact) mass is 505 g/mol. The van der Waals surface area contributed by atoms with Crippen LogP contribution >= 0.6 is 0 Å². The molecule has 1 heterocycles. The fraction of sp³-hybridized carbons (Fsp3) is 0.103. The number of carboxylic acids is 1. The van der Waals surface area contributed by atoms with Crippen LogP contribution in [0.2, 0.25) is 0 Å². The molecular weight excluding hydrogens is 478 g/mol. The van der Waals surface area contributed by atoms with Crippen LogP contribution in [0.3, 0.4) is 0 Å². The standard InChI is InChI=1S/C24H22N3O2.C5H5.Fe/c28-24(29)22(15-18-9-3-1-4-10-18)25-16-20-17-27(21-13-5-2-6-14-21)26-23(20)19-11-7-8-12-19;1-2-4-5-3-1;/h1-14,17,22,25H,15-16H2,(H,28,29);1-5H;/q;;+2/t22-;;/m1../s1. The molecule has 0 bridgehead atoms. The second kappa shape index (κ2) is 14.2. The zero-order valence-corrected chi connectivity index (χ0v) is 20.2. The average Bonchev–Trinajstić information content (AvgIpc) is 3.66. The number of nitrogens with zero attached hydrogens (tertiary/aromatic N) is 2. The van der Waals surface area contributed by atoms with Crippen molar-refractivity contribution in [1.82, 2.24) is 15.1 Å². The summed E-state index contributed by atoms with van der Waals surface area (Å²) in [4.78, 5) is 11.8. The molecule has 2 N–H and O–H groups in total. The SMILES string of the molecule is O=C(O)[C@@H](Cc1ccccc1)NCc1cn(-c2ccccc2)nc1[C]1[CH][CH][CH][CH]1.[CH]1[CH][CH][CH][CH]1.[Fe+2]. The molecule has 5 nitrogen and oxygen atoms in total. The molecule has 2 fully saturated rings. The topological polar surface area (TPSA) is 67.2 Å². The number of benzene rings is 2. The van der Waals surface area contributed by atoms with Gasteiger partial charge in [0.05, 0.1) is 11.4 Å². The number of rotatable bonds is 8. The van der Waals surface area contributed by atoms with Crippen molar-refractivity contribution in [2.75, 3.05) is 0 Å². The van der Waals surface area contributed by atoms with Gasteiger partial charge in [-0.3, -0.25) is 10.1 Å². The van der Waals surface area contributed by atoms with Crippen LogP contribution in [0.1, 0.15) is 16.8 Å². The van der Waals surface area contributed by atoms with Gasteiger partial charge in [0.2, 0.25) is 0 Å². The van der Waals surface area contributed by atoms with Gasteiger partial charge in [0.25, 0.3) is 0 Å². The Morgan fingerprint density at radius 3 is 2.00 bits per heavy atom. The average molecular weight is 505 g/mol. The summed E-state index contributed by atoms with van der Waals surface area (Å²) in [6, 6.07) is 18.9. The molecule has 2 aliphatic carbocycles. The molecule has 35 heavy (non-hydrogen) atoms. The third-order valence-electron chi connectivity index (χ3n) is 5.42. The molecule has 2 saturated carbocycles. The molecule has 5 rings (SSSR count). The minimum Gasteiger partial charge on any atom is -0.480 e. The van der Waals surface area contributed by atoms with E-state index in [1.165, 1.54) is 0 Å². The molecule has 0 unspecified atom stereocenters. The van der Waals surface area contributed by atoms with Gasteiger partial charge in [-0.05, 0) is 81.9 Å². The molecule has 176 valence electrons. The third-order valence-corrected chi connectivity index (χ3v) is 5.42. The summed E-state index contributed by atoms with van der Waals surface area (Å²) in [7, 11) is 0. The first kappa shape index (κ1) is 27.2. The summed E-state index contributed by atoms with van der Waals surface area (Å²) in [6.07, 6.45) is 20.4. The van der Waals surface area contributed by atoms with Gasteiger partial charge >= 0.3 is 23.0 Å². The Hall–Kier alpha value is -2.40. The molecule has 0 aliphatic heterocycles. The van der Waals surface area contributed by atoms with Crippen LogP contribution in [0.4, 0.5) is 0 Å². The van der Waals surface area contributed by atoms with E-state index in [9.17, 15) is 9.90 Å². The van der Waals surface area contributed by atoms with Crippen LogP contribution in [0, 0.1) is 63.7 Å². The quantitative estimate of drug-likeness (QED) is 0.445. The van der Waals surface area contributed by atoms with Crippen molar-refractivity contribution in [3.8, 4) is 5.69 Å². The van der Waals surface area contributed by atoms with Gasteiger partial charge < -0.3 is 5.11 Å². The van der Waals surface area contributed by atoms with Crippen molar-refractivity contribution in [3.63, 3.8) is 0 Å². The first-order valence-electron chi connectivity index (χ1n) is 11.2. The van der Waals surface area contributed by atoms with Crippen LogP contribution in [0.15, 0.2) is 66.9 Å². The fourth-order valence-corrected chi connectivity index (χ4v) is 3.68. The zero-order chi connectivity index (χ0) is 23.6. The van der Waals surface area contributed by atoms with Gasteiger partial charge in [0.15, 0.2) is 0 Å². The molecular formula is C29H27FeN3O2+2. The Morgan fingerprint density at radius 2 is 1.43 bits per heavy atom. The minimum absolute atomic E-state index is 0. The number of carbonyl (C=O) groups is 1. The molecule has 2 aromatic carbocycles. The second-order valence-corrected chi connectivity index (χ2v) is 7.88. The van der Waals surface area contributed by atoms with E-state index in [1.54, 1.807) is 0 Å². The second-order valence-electron chi connectivity index (χ2n) is 7.88. The summed E-state index contributed by atoms with van der Waals surface area (Å²) >= 11 is 0. The number of carboxylic acid groups (broad SMARTS) is 1. The first-order valence-corrected chi connectivity index (χ1v) is 11.2. The predicted molar refractivity (Wildman–Crippen MR) is 133 cm³/mol. The number of para-hydroxylation sites is 1. The maximum Gasteiger partial charge on any atom is 2.00 e. The normalized spacial score (nSPS) is 16.2. The molecule has 10 radical (unpaired) electrons. The van der Waals surface area contributed by atoms with Crippen LogP contribution in [-0.4, -0.2) is 26.9 Å². The van der Waals surface area contributed by atoms with Crippen molar-refractivity contribution in [3.05, 3.63) is 147 Å². The number of hydrogen-bond donors (Lipinski definition) is 2. The molecule has 1 atom stereocenters. The molecule has 6 heteroatoms. The molecule has 1 aromatic heterocycles. The van der Waals surface area contributed by atoms with Crippen LogP contribution in [0.25, 0.3) is 5.69 Å². The summed E-state index contributed by atoms with van der Waals surface area (Å²) in [5.41, 5.74) is 3.77. The van der Waals surface area contributed by atoms with Crippen LogP contribution in [0.5, 0.6) is 0 Å². The van der Waals surface area contributed by atoms with E-state index in [1.807, 2.05) is 129 Å². The van der Waals surface area contributed by atoms with Crippen molar-refractivity contribution in [2.24, 2.45) is 0 Å². The van der Waals surface area contributed by atoms with Gasteiger partial charge in [-0.2, -0.15) is 5.10 Å². The van der Waals surface area contributed by atoms with E-state index in [0.717, 1.165) is 28.4 Å². The van der Waals surface area contributed by atoms with Gasteiger partial charge in [-0.1, -0.05) is 48.5 Å². The maximum atomic E-state index is 11.8. The number of nitrogens with one attached hydrogen (secondary N) is 1. The molecule has 3 aromatic rings. The summed E-state index contributed by atoms with van der Waals surface area (Å²) in [6.45, 7) is 0.414. The number of aromatic nitrogens is 2. The van der Waals surface area contributed by atoms with E-state index in [-0.39, 0.29) is 17.1 Å². The van der Waals surface area contributed by atoms with Crippen molar-refractivity contribution in [2.45, 2.75) is 19.0 Å². The molecule has 0 spiro atoms. The summed E-state index contributed by atoms with van der Waals surface area (Å²) < 4.78 is 1.84. The Bertz CT molecular complexity index is 1010. The van der Waals surface area contributed by atoms with E-state index in [0.29, 0.717) is 13.0 Å². The summed E-state index contributed by atoms with van der Waals surface area (Å²) in [5, 5.41) is 17.6. The molecule has 0 amide bonds. The molecule has 2 aliphatic rings. The van der Waals surface area contributed by atoms with Gasteiger partial charge in [-0.15, -0.1) is 0 Å². The smallest absolute Gasteiger partial charge is 0.480 e. The van der Waals surface area contributed by atoms with Gasteiger partial charge in [-0.25, -0.2) is 4.68 Å².